The average Bonchev–Trinajstić information content (AvgIpc) is 2.29. The maximum Gasteiger partial charge on any atom is 0.0965 e. The molecule has 2 heteroatoms. The summed E-state index contributed by atoms with van der Waals surface area (Å²) in [6.45, 7) is 0. The molecule has 3 rings (SSSR count). The van der Waals surface area contributed by atoms with Crippen LogP contribution in [0.25, 0.3) is 21.8 Å². The first-order valence-corrected chi connectivity index (χ1v) is 4.45. The van der Waals surface area contributed by atoms with Crippen molar-refractivity contribution in [3.63, 3.8) is 0 Å². The molecule has 0 unspecified atom stereocenters. The molecule has 0 aliphatic rings. The topological polar surface area (TPSA) is 25.8 Å². The highest BCUT2D eigenvalue weighted by molar-refractivity contribution is 6.03. The van der Waals surface area contributed by atoms with Crippen molar-refractivity contribution in [1.29, 1.82) is 0 Å². The van der Waals surface area contributed by atoms with Gasteiger partial charge >= 0.3 is 0 Å². The molecule has 0 atom stereocenters. The molecule has 14 heavy (non-hydrogen) atoms. The van der Waals surface area contributed by atoms with Crippen molar-refractivity contribution >= 4 is 21.8 Å². The van der Waals surface area contributed by atoms with Crippen LogP contribution in [0.15, 0.2) is 42.7 Å². The fourth-order valence-electron chi connectivity index (χ4n) is 1.64. The molecule has 0 spiro atoms. The van der Waals surface area contributed by atoms with Gasteiger partial charge in [0, 0.05) is 17.8 Å². The highest BCUT2D eigenvalue weighted by Gasteiger charge is 1.99. The molecular weight excluding hydrogens is 172 g/mol. The molecule has 2 nitrogen and oxygen atoms in total. The fourth-order valence-corrected chi connectivity index (χ4v) is 1.64. The minimum absolute atomic E-state index is 0.930. The number of benzene rings is 2. The zero-order valence-electron chi connectivity index (χ0n) is 7.44. The van der Waals surface area contributed by atoms with Gasteiger partial charge in [0.2, 0.25) is 0 Å². The standard InChI is InChI=1S/C12H7N2/c1-2-4-10-9(3-1)5-6-11-12(10)14-8-7-13-11/h1,3-8H. The van der Waals surface area contributed by atoms with Gasteiger partial charge in [-0.1, -0.05) is 18.2 Å². The predicted octanol–water partition coefficient (Wildman–Crippen LogP) is 2.58. The highest BCUT2D eigenvalue weighted by atomic mass is 14.8. The van der Waals surface area contributed by atoms with Gasteiger partial charge in [-0.05, 0) is 23.6 Å². The Morgan fingerprint density at radius 2 is 1.93 bits per heavy atom. The second-order valence-corrected chi connectivity index (χ2v) is 3.14. The summed E-state index contributed by atoms with van der Waals surface area (Å²) in [6, 6.07) is 13.0. The van der Waals surface area contributed by atoms with Gasteiger partial charge in [0.1, 0.15) is 0 Å². The van der Waals surface area contributed by atoms with Crippen LogP contribution in [0.5, 0.6) is 0 Å². The number of nitrogens with zero attached hydrogens (tertiary/aromatic N) is 2. The summed E-state index contributed by atoms with van der Waals surface area (Å²) in [4.78, 5) is 8.58. The minimum Gasteiger partial charge on any atom is -0.253 e. The summed E-state index contributed by atoms with van der Waals surface area (Å²) < 4.78 is 0. The van der Waals surface area contributed by atoms with Crippen LogP contribution in [0, 0.1) is 6.07 Å². The molecule has 0 fully saturated rings. The number of fused-ring (bicyclic) bond motifs is 3. The summed E-state index contributed by atoms with van der Waals surface area (Å²) >= 11 is 0. The van der Waals surface area contributed by atoms with E-state index in [4.69, 9.17) is 0 Å². The Morgan fingerprint density at radius 1 is 1.00 bits per heavy atom. The largest absolute Gasteiger partial charge is 0.253 e. The molecule has 3 aromatic rings. The lowest BCUT2D eigenvalue weighted by atomic mass is 10.1. The molecule has 0 bridgehead atoms. The van der Waals surface area contributed by atoms with Gasteiger partial charge < -0.3 is 0 Å². The molecule has 1 radical (unpaired) electrons. The quantitative estimate of drug-likeness (QED) is 0.496. The van der Waals surface area contributed by atoms with Gasteiger partial charge in [0.25, 0.3) is 0 Å². The van der Waals surface area contributed by atoms with Crippen molar-refractivity contribution in [3.05, 3.63) is 48.8 Å². The first kappa shape index (κ1) is 7.44. The third kappa shape index (κ3) is 0.973. The van der Waals surface area contributed by atoms with E-state index in [0.717, 1.165) is 16.4 Å². The second kappa shape index (κ2) is 2.77. The summed E-state index contributed by atoms with van der Waals surface area (Å²) in [5, 5.41) is 2.29. The van der Waals surface area contributed by atoms with E-state index in [1.807, 2.05) is 24.3 Å². The van der Waals surface area contributed by atoms with Crippen molar-refractivity contribution in [3.8, 4) is 0 Å². The number of aromatic nitrogens is 2. The second-order valence-electron chi connectivity index (χ2n) is 3.14. The third-order valence-electron chi connectivity index (χ3n) is 2.30. The Hall–Kier alpha value is -1.96. The minimum atomic E-state index is 0.930. The maximum absolute atomic E-state index is 4.33. The van der Waals surface area contributed by atoms with Crippen molar-refractivity contribution in [2.75, 3.05) is 0 Å². The smallest absolute Gasteiger partial charge is 0.0965 e. The van der Waals surface area contributed by atoms with Crippen LogP contribution in [0.1, 0.15) is 0 Å². The molecule has 0 saturated carbocycles. The molecule has 0 aliphatic heterocycles. The van der Waals surface area contributed by atoms with E-state index in [1.165, 1.54) is 5.39 Å². The van der Waals surface area contributed by atoms with Gasteiger partial charge in [0.05, 0.1) is 11.0 Å². The van der Waals surface area contributed by atoms with E-state index in [2.05, 4.69) is 22.1 Å². The summed E-state index contributed by atoms with van der Waals surface area (Å²) in [5.41, 5.74) is 1.88. The molecule has 2 aromatic carbocycles. The number of rotatable bonds is 0. The molecule has 0 aliphatic carbocycles. The summed E-state index contributed by atoms with van der Waals surface area (Å²) in [5.74, 6) is 0. The summed E-state index contributed by atoms with van der Waals surface area (Å²) in [7, 11) is 0. The molecule has 65 valence electrons. The van der Waals surface area contributed by atoms with Gasteiger partial charge in [0.15, 0.2) is 0 Å². The normalized spacial score (nSPS) is 10.9. The van der Waals surface area contributed by atoms with Crippen LogP contribution in [0.4, 0.5) is 0 Å². The molecule has 1 heterocycles. The van der Waals surface area contributed by atoms with E-state index in [-0.39, 0.29) is 0 Å². The Bertz CT molecular complexity index is 547. The van der Waals surface area contributed by atoms with Crippen LogP contribution in [-0.4, -0.2) is 9.97 Å². The highest BCUT2D eigenvalue weighted by Crippen LogP contribution is 2.20. The van der Waals surface area contributed by atoms with Crippen molar-refractivity contribution < 1.29 is 0 Å². The van der Waals surface area contributed by atoms with Gasteiger partial charge in [-0.15, -0.1) is 0 Å². The SMILES string of the molecule is [c]1ccc2ccc3nccnc3c2c1. The average molecular weight is 179 g/mol. The Balaban J connectivity index is 2.61. The van der Waals surface area contributed by atoms with E-state index < -0.39 is 0 Å². The molecule has 0 saturated heterocycles. The Labute approximate surface area is 81.2 Å². The number of hydrogen-bond donors (Lipinski definition) is 0. The van der Waals surface area contributed by atoms with Gasteiger partial charge in [-0.25, -0.2) is 0 Å². The van der Waals surface area contributed by atoms with Crippen LogP contribution in [0.2, 0.25) is 0 Å². The van der Waals surface area contributed by atoms with Crippen molar-refractivity contribution in [1.82, 2.24) is 9.97 Å². The molecule has 1 aromatic heterocycles. The fraction of sp³-hybridized carbons (Fsp3) is 0. The zero-order chi connectivity index (χ0) is 9.38. The first-order chi connectivity index (χ1) is 6.95. The molecular formula is C12H7N2. The maximum atomic E-state index is 4.33. The van der Waals surface area contributed by atoms with Crippen LogP contribution < -0.4 is 0 Å². The summed E-state index contributed by atoms with van der Waals surface area (Å²) in [6.07, 6.45) is 3.43. The Morgan fingerprint density at radius 3 is 2.93 bits per heavy atom. The van der Waals surface area contributed by atoms with E-state index in [0.29, 0.717) is 0 Å². The third-order valence-corrected chi connectivity index (χ3v) is 2.30. The zero-order valence-corrected chi connectivity index (χ0v) is 7.44. The lowest BCUT2D eigenvalue weighted by Gasteiger charge is -2.00. The first-order valence-electron chi connectivity index (χ1n) is 4.45. The lowest BCUT2D eigenvalue weighted by Crippen LogP contribution is -1.83. The van der Waals surface area contributed by atoms with Gasteiger partial charge in [-0.3, -0.25) is 9.97 Å². The Kier molecular flexibility index (Phi) is 1.47. The molecule has 0 N–H and O–H groups in total. The van der Waals surface area contributed by atoms with Crippen molar-refractivity contribution in [2.45, 2.75) is 0 Å². The van der Waals surface area contributed by atoms with Gasteiger partial charge in [-0.2, -0.15) is 0 Å². The van der Waals surface area contributed by atoms with Crippen LogP contribution in [-0.2, 0) is 0 Å². The van der Waals surface area contributed by atoms with Crippen LogP contribution in [0.3, 0.4) is 0 Å². The van der Waals surface area contributed by atoms with Crippen molar-refractivity contribution in [2.24, 2.45) is 0 Å². The van der Waals surface area contributed by atoms with E-state index in [9.17, 15) is 0 Å². The van der Waals surface area contributed by atoms with Crippen LogP contribution >= 0.6 is 0 Å². The molecule has 0 amide bonds. The monoisotopic (exact) mass is 179 g/mol. The lowest BCUT2D eigenvalue weighted by molar-refractivity contribution is 1.30. The van der Waals surface area contributed by atoms with E-state index >= 15 is 0 Å². The predicted molar refractivity (Wildman–Crippen MR) is 55.9 cm³/mol. The number of hydrogen-bond acceptors (Lipinski definition) is 2. The van der Waals surface area contributed by atoms with E-state index in [1.54, 1.807) is 12.4 Å².